The summed E-state index contributed by atoms with van der Waals surface area (Å²) in [6, 6.07) is 8.66. The second-order valence-corrected chi connectivity index (χ2v) is 7.92. The number of alkyl halides is 3. The zero-order valence-electron chi connectivity index (χ0n) is 13.0. The average molecular weight is 452 g/mol. The van der Waals surface area contributed by atoms with Crippen LogP contribution < -0.4 is 4.72 Å². The van der Waals surface area contributed by atoms with E-state index in [-0.39, 0.29) is 0 Å². The second kappa shape index (κ2) is 7.77. The van der Waals surface area contributed by atoms with Gasteiger partial charge in [0.25, 0.3) is 0 Å². The van der Waals surface area contributed by atoms with Gasteiger partial charge in [0.2, 0.25) is 10.0 Å². The highest BCUT2D eigenvalue weighted by Gasteiger charge is 2.37. The maximum Gasteiger partial charge on any atom is 0.417 e. The molecule has 0 bridgehead atoms. The van der Waals surface area contributed by atoms with E-state index in [0.717, 1.165) is 18.2 Å². The topological polar surface area (TPSA) is 83.5 Å². The lowest BCUT2D eigenvalue weighted by Gasteiger charge is -2.20. The maximum absolute atomic E-state index is 13.1. The Bertz CT molecular complexity index is 916. The van der Waals surface area contributed by atoms with E-state index >= 15 is 0 Å². The molecule has 26 heavy (non-hydrogen) atoms. The van der Waals surface area contributed by atoms with E-state index in [4.69, 9.17) is 5.11 Å². The fraction of sp³-hybridized carbons (Fsp3) is 0.188. The number of benzene rings is 2. The predicted octanol–water partition coefficient (Wildman–Crippen LogP) is 3.96. The van der Waals surface area contributed by atoms with Crippen LogP contribution in [0.5, 0.6) is 0 Å². The summed E-state index contributed by atoms with van der Waals surface area (Å²) in [6.45, 7) is 0. The number of sulfonamides is 1. The Morgan fingerprint density at radius 3 is 2.38 bits per heavy atom. The van der Waals surface area contributed by atoms with Crippen LogP contribution in [0.3, 0.4) is 0 Å². The van der Waals surface area contributed by atoms with Gasteiger partial charge in [0.1, 0.15) is 0 Å². The Labute approximate surface area is 156 Å². The predicted molar refractivity (Wildman–Crippen MR) is 90.9 cm³/mol. The minimum absolute atomic E-state index is 0.301. The Kier molecular flexibility index (Phi) is 6.09. The smallest absolute Gasteiger partial charge is 0.417 e. The molecule has 5 nitrogen and oxygen atoms in total. The van der Waals surface area contributed by atoms with E-state index in [1.165, 1.54) is 12.1 Å². The van der Waals surface area contributed by atoms with E-state index in [9.17, 15) is 26.4 Å². The third kappa shape index (κ3) is 5.05. The first-order chi connectivity index (χ1) is 12.0. The van der Waals surface area contributed by atoms with Gasteiger partial charge in [-0.05, 0) is 29.8 Å². The molecule has 0 aliphatic carbocycles. The monoisotopic (exact) mass is 451 g/mol. The Balaban J connectivity index is 2.46. The van der Waals surface area contributed by atoms with E-state index in [1.54, 1.807) is 12.1 Å². The molecule has 0 heterocycles. The fourth-order valence-corrected chi connectivity index (χ4v) is 4.18. The van der Waals surface area contributed by atoms with Crippen LogP contribution in [-0.2, 0) is 21.0 Å². The van der Waals surface area contributed by atoms with Crippen molar-refractivity contribution in [1.82, 2.24) is 4.72 Å². The van der Waals surface area contributed by atoms with Gasteiger partial charge in [-0.3, -0.25) is 4.79 Å². The van der Waals surface area contributed by atoms with Crippen LogP contribution in [0, 0.1) is 0 Å². The quantitative estimate of drug-likeness (QED) is 0.695. The normalized spacial score (nSPS) is 13.4. The molecule has 0 aromatic heterocycles. The molecule has 2 aromatic carbocycles. The van der Waals surface area contributed by atoms with E-state index in [1.807, 2.05) is 0 Å². The van der Waals surface area contributed by atoms with Crippen LogP contribution in [0.4, 0.5) is 13.2 Å². The molecular formula is C16H13BrF3NO4S. The van der Waals surface area contributed by atoms with E-state index in [2.05, 4.69) is 20.7 Å². The van der Waals surface area contributed by atoms with Crippen molar-refractivity contribution in [3.63, 3.8) is 0 Å². The Morgan fingerprint density at radius 2 is 1.81 bits per heavy atom. The van der Waals surface area contributed by atoms with Crippen molar-refractivity contribution < 1.29 is 31.5 Å². The molecule has 0 aliphatic rings. The molecule has 0 saturated heterocycles. The van der Waals surface area contributed by atoms with Crippen molar-refractivity contribution in [3.8, 4) is 0 Å². The zero-order chi connectivity index (χ0) is 19.5. The van der Waals surface area contributed by atoms with Gasteiger partial charge in [-0.15, -0.1) is 0 Å². The number of carboxylic acids is 1. The van der Waals surface area contributed by atoms with Crippen molar-refractivity contribution in [1.29, 1.82) is 0 Å². The highest BCUT2D eigenvalue weighted by Crippen LogP contribution is 2.34. The molecule has 10 heteroatoms. The summed E-state index contributed by atoms with van der Waals surface area (Å²) in [6.07, 6.45) is -5.51. The van der Waals surface area contributed by atoms with Gasteiger partial charge < -0.3 is 5.11 Å². The lowest BCUT2D eigenvalue weighted by molar-refractivity contribution is -0.140. The van der Waals surface area contributed by atoms with Gasteiger partial charge in [-0.1, -0.05) is 40.2 Å². The first-order valence-corrected chi connectivity index (χ1v) is 9.44. The molecule has 0 aliphatic heterocycles. The number of carbonyl (C=O) groups is 1. The number of carboxylic acid groups (broad SMARTS) is 1. The van der Waals surface area contributed by atoms with Crippen LogP contribution in [0.15, 0.2) is 57.9 Å². The van der Waals surface area contributed by atoms with Crippen LogP contribution in [-0.4, -0.2) is 19.5 Å². The SMILES string of the molecule is O=C(O)CC(NS(=O)(=O)c1ccccc1C(F)(F)F)c1cccc(Br)c1. The highest BCUT2D eigenvalue weighted by atomic mass is 79.9. The number of aliphatic carboxylic acids is 1. The summed E-state index contributed by atoms with van der Waals surface area (Å²) < 4.78 is 67.0. The summed E-state index contributed by atoms with van der Waals surface area (Å²) in [5.74, 6) is -1.30. The van der Waals surface area contributed by atoms with Gasteiger partial charge in [-0.25, -0.2) is 13.1 Å². The van der Waals surface area contributed by atoms with Crippen molar-refractivity contribution >= 4 is 31.9 Å². The highest BCUT2D eigenvalue weighted by molar-refractivity contribution is 9.10. The second-order valence-electron chi connectivity index (χ2n) is 5.32. The minimum atomic E-state index is -4.87. The standard InChI is InChI=1S/C16H13BrF3NO4S/c17-11-5-3-4-10(8-11)13(9-15(22)23)21-26(24,25)14-7-2-1-6-12(14)16(18,19)20/h1-8,13,21H,9H2,(H,22,23). The molecule has 2 N–H and O–H groups in total. The number of halogens is 4. The van der Waals surface area contributed by atoms with Gasteiger partial charge in [0, 0.05) is 4.47 Å². The molecule has 0 fully saturated rings. The molecule has 1 atom stereocenters. The third-order valence-electron chi connectivity index (χ3n) is 3.41. The molecule has 2 aromatic rings. The van der Waals surface area contributed by atoms with E-state index < -0.39 is 45.1 Å². The summed E-state index contributed by atoms with van der Waals surface area (Å²) in [5, 5.41) is 9.04. The molecule has 1 unspecified atom stereocenters. The Hall–Kier alpha value is -1.91. The minimum Gasteiger partial charge on any atom is -0.481 e. The number of rotatable bonds is 6. The summed E-state index contributed by atoms with van der Waals surface area (Å²) in [7, 11) is -4.63. The van der Waals surface area contributed by atoms with Crippen LogP contribution in [0.1, 0.15) is 23.6 Å². The summed E-state index contributed by atoms with van der Waals surface area (Å²) >= 11 is 3.19. The largest absolute Gasteiger partial charge is 0.481 e. The molecule has 0 radical (unpaired) electrons. The fourth-order valence-electron chi connectivity index (χ4n) is 2.31. The first-order valence-electron chi connectivity index (χ1n) is 7.16. The van der Waals surface area contributed by atoms with Crippen molar-refractivity contribution in [3.05, 3.63) is 64.1 Å². The molecule has 0 saturated carbocycles. The summed E-state index contributed by atoms with van der Waals surface area (Å²) in [5.41, 5.74) is -1.02. The lowest BCUT2D eigenvalue weighted by atomic mass is 10.1. The first kappa shape index (κ1) is 20.4. The zero-order valence-corrected chi connectivity index (χ0v) is 15.4. The van der Waals surface area contributed by atoms with Crippen LogP contribution in [0.25, 0.3) is 0 Å². The average Bonchev–Trinajstić information content (AvgIpc) is 2.53. The van der Waals surface area contributed by atoms with Crippen LogP contribution in [0.2, 0.25) is 0 Å². The molecule has 140 valence electrons. The molecule has 2 rings (SSSR count). The lowest BCUT2D eigenvalue weighted by Crippen LogP contribution is -2.31. The Morgan fingerprint density at radius 1 is 1.15 bits per heavy atom. The maximum atomic E-state index is 13.1. The van der Waals surface area contributed by atoms with Gasteiger partial charge in [-0.2, -0.15) is 13.2 Å². The summed E-state index contributed by atoms with van der Waals surface area (Å²) in [4.78, 5) is 10.1. The third-order valence-corrected chi connectivity index (χ3v) is 5.43. The van der Waals surface area contributed by atoms with Crippen molar-refractivity contribution in [2.75, 3.05) is 0 Å². The van der Waals surface area contributed by atoms with Crippen molar-refractivity contribution in [2.45, 2.75) is 23.5 Å². The van der Waals surface area contributed by atoms with Crippen LogP contribution >= 0.6 is 15.9 Å². The van der Waals surface area contributed by atoms with Gasteiger partial charge >= 0.3 is 12.1 Å². The number of hydrogen-bond donors (Lipinski definition) is 2. The van der Waals surface area contributed by atoms with E-state index in [0.29, 0.717) is 16.1 Å². The number of nitrogens with one attached hydrogen (secondary N) is 1. The van der Waals surface area contributed by atoms with Gasteiger partial charge in [0.15, 0.2) is 0 Å². The molecular weight excluding hydrogens is 439 g/mol. The van der Waals surface area contributed by atoms with Crippen molar-refractivity contribution in [2.24, 2.45) is 0 Å². The molecule has 0 amide bonds. The molecule has 0 spiro atoms. The number of hydrogen-bond acceptors (Lipinski definition) is 3. The van der Waals surface area contributed by atoms with Gasteiger partial charge in [0.05, 0.1) is 22.9 Å².